The zero-order valence-corrected chi connectivity index (χ0v) is 12.9. The summed E-state index contributed by atoms with van der Waals surface area (Å²) in [4.78, 5) is 25.2. The lowest BCUT2D eigenvalue weighted by Crippen LogP contribution is -2.42. The van der Waals surface area contributed by atoms with Crippen LogP contribution in [0.3, 0.4) is 0 Å². The number of ether oxygens (including phenoxy) is 1. The van der Waals surface area contributed by atoms with Crippen molar-refractivity contribution in [3.63, 3.8) is 0 Å². The van der Waals surface area contributed by atoms with Gasteiger partial charge in [-0.05, 0) is 27.0 Å². The third-order valence-electron chi connectivity index (χ3n) is 3.24. The first-order chi connectivity index (χ1) is 9.90. The van der Waals surface area contributed by atoms with Crippen LogP contribution in [0.4, 0.5) is 0 Å². The Morgan fingerprint density at radius 3 is 2.81 bits per heavy atom. The van der Waals surface area contributed by atoms with Crippen molar-refractivity contribution in [2.45, 2.75) is 26.4 Å². The number of nitrogens with one attached hydrogen (secondary N) is 1. The van der Waals surface area contributed by atoms with Gasteiger partial charge in [0.15, 0.2) is 0 Å². The van der Waals surface area contributed by atoms with Crippen molar-refractivity contribution >= 4 is 11.9 Å². The van der Waals surface area contributed by atoms with E-state index in [9.17, 15) is 9.59 Å². The van der Waals surface area contributed by atoms with Crippen molar-refractivity contribution in [2.75, 3.05) is 20.7 Å². The number of hydrogen-bond donors (Lipinski definition) is 1. The average molecular weight is 294 g/mol. The molecule has 1 unspecified atom stereocenters. The number of aryl methyl sites for hydroxylation is 1. The normalized spacial score (nSPS) is 12.0. The monoisotopic (exact) mass is 294 g/mol. The quantitative estimate of drug-likeness (QED) is 0.609. The van der Waals surface area contributed by atoms with E-state index in [2.05, 4.69) is 16.6 Å². The summed E-state index contributed by atoms with van der Waals surface area (Å²) >= 11 is 0. The average Bonchev–Trinajstić information content (AvgIpc) is 2.83. The largest absolute Gasteiger partial charge is 0.465 e. The summed E-state index contributed by atoms with van der Waals surface area (Å²) in [5.74, 6) is 0.601. The highest BCUT2D eigenvalue weighted by atomic mass is 16.5. The van der Waals surface area contributed by atoms with Crippen molar-refractivity contribution in [3.05, 3.63) is 35.8 Å². The van der Waals surface area contributed by atoms with Crippen LogP contribution in [0, 0.1) is 6.92 Å². The van der Waals surface area contributed by atoms with Crippen molar-refractivity contribution in [3.8, 4) is 0 Å². The summed E-state index contributed by atoms with van der Waals surface area (Å²) < 4.78 is 10.2. The number of nitrogens with zero attached hydrogens (tertiary/aromatic N) is 1. The molecule has 0 aliphatic rings. The summed E-state index contributed by atoms with van der Waals surface area (Å²) in [5.41, 5.74) is 0.407. The second-order valence-electron chi connectivity index (χ2n) is 4.80. The molecule has 1 amide bonds. The number of methoxy groups -OCH3 is 1. The summed E-state index contributed by atoms with van der Waals surface area (Å²) in [7, 11) is 3.14. The van der Waals surface area contributed by atoms with Crippen LogP contribution in [0.1, 0.15) is 28.8 Å². The molecular weight excluding hydrogens is 272 g/mol. The number of carbonyl (C=O) groups is 2. The molecule has 21 heavy (non-hydrogen) atoms. The summed E-state index contributed by atoms with van der Waals surface area (Å²) in [6.07, 6.45) is 1.63. The lowest BCUT2D eigenvalue weighted by Gasteiger charge is -2.22. The summed E-state index contributed by atoms with van der Waals surface area (Å²) in [5, 5.41) is 2.74. The highest BCUT2D eigenvalue weighted by Gasteiger charge is 2.21. The van der Waals surface area contributed by atoms with Gasteiger partial charge < -0.3 is 14.5 Å². The molecule has 1 rings (SSSR count). The van der Waals surface area contributed by atoms with Crippen LogP contribution in [0.5, 0.6) is 0 Å². The zero-order chi connectivity index (χ0) is 16.0. The molecule has 0 aliphatic carbocycles. The van der Waals surface area contributed by atoms with Crippen LogP contribution in [-0.2, 0) is 16.1 Å². The van der Waals surface area contributed by atoms with Crippen molar-refractivity contribution < 1.29 is 18.7 Å². The fraction of sp³-hybridized carbons (Fsp3) is 0.467. The molecule has 6 nitrogen and oxygen atoms in total. The maximum Gasteiger partial charge on any atom is 0.341 e. The van der Waals surface area contributed by atoms with Gasteiger partial charge in [0.1, 0.15) is 17.1 Å². The van der Waals surface area contributed by atoms with E-state index in [4.69, 9.17) is 4.42 Å². The SMILES string of the molecule is C=CCNC(=O)C(C)N(C)Cc1cc(C(=O)OC)c(C)o1. The molecule has 0 saturated heterocycles. The van der Waals surface area contributed by atoms with Crippen molar-refractivity contribution in [2.24, 2.45) is 0 Å². The maximum atomic E-state index is 11.9. The first-order valence-electron chi connectivity index (χ1n) is 6.67. The number of hydrogen-bond acceptors (Lipinski definition) is 5. The standard InChI is InChI=1S/C15H22N2O4/c1-6-7-16-14(18)10(2)17(4)9-12-8-13(11(3)21-12)15(19)20-5/h6,8,10H,1,7,9H2,2-5H3,(H,16,18). The van der Waals surface area contributed by atoms with Gasteiger partial charge in [0.2, 0.25) is 5.91 Å². The smallest absolute Gasteiger partial charge is 0.341 e. The Hall–Kier alpha value is -2.08. The minimum absolute atomic E-state index is 0.0890. The number of esters is 1. The number of rotatable bonds is 7. The Bertz CT molecular complexity index is 522. The Morgan fingerprint density at radius 2 is 2.24 bits per heavy atom. The predicted molar refractivity (Wildman–Crippen MR) is 78.9 cm³/mol. The molecule has 1 heterocycles. The number of carbonyl (C=O) groups excluding carboxylic acids is 2. The van der Waals surface area contributed by atoms with Gasteiger partial charge in [-0.2, -0.15) is 0 Å². The van der Waals surface area contributed by atoms with Gasteiger partial charge in [0.05, 0.1) is 19.7 Å². The van der Waals surface area contributed by atoms with Crippen molar-refractivity contribution in [1.82, 2.24) is 10.2 Å². The van der Waals surface area contributed by atoms with E-state index in [0.717, 1.165) is 0 Å². The molecule has 0 aromatic carbocycles. The lowest BCUT2D eigenvalue weighted by atomic mass is 10.2. The Kier molecular flexibility index (Phi) is 6.17. The molecule has 0 fully saturated rings. The Morgan fingerprint density at radius 1 is 1.57 bits per heavy atom. The second-order valence-corrected chi connectivity index (χ2v) is 4.80. The van der Waals surface area contributed by atoms with Gasteiger partial charge >= 0.3 is 5.97 Å². The fourth-order valence-electron chi connectivity index (χ4n) is 1.84. The van der Waals surface area contributed by atoms with E-state index in [-0.39, 0.29) is 11.9 Å². The van der Waals surface area contributed by atoms with Gasteiger partial charge in [-0.25, -0.2) is 4.79 Å². The van der Waals surface area contributed by atoms with E-state index in [0.29, 0.717) is 30.2 Å². The Balaban J connectivity index is 2.70. The summed E-state index contributed by atoms with van der Waals surface area (Å²) in [6.45, 7) is 7.91. The Labute approximate surface area is 124 Å². The van der Waals surface area contributed by atoms with Crippen LogP contribution < -0.4 is 5.32 Å². The van der Waals surface area contributed by atoms with E-state index >= 15 is 0 Å². The molecule has 0 bridgehead atoms. The molecule has 0 radical (unpaired) electrons. The number of likely N-dealkylation sites (N-methyl/N-ethyl adjacent to an activating group) is 1. The minimum Gasteiger partial charge on any atom is -0.465 e. The molecule has 0 spiro atoms. The topological polar surface area (TPSA) is 71.8 Å². The first kappa shape index (κ1) is 17.0. The van der Waals surface area contributed by atoms with Crippen LogP contribution in [-0.4, -0.2) is 43.5 Å². The molecule has 1 aromatic rings. The van der Waals surface area contributed by atoms with Crippen LogP contribution >= 0.6 is 0 Å². The second kappa shape index (κ2) is 7.64. The molecule has 0 saturated carbocycles. The maximum absolute atomic E-state index is 11.9. The number of amides is 1. The third kappa shape index (κ3) is 4.46. The highest BCUT2D eigenvalue weighted by molar-refractivity contribution is 5.90. The summed E-state index contributed by atoms with van der Waals surface area (Å²) in [6, 6.07) is 1.32. The van der Waals surface area contributed by atoms with E-state index in [1.165, 1.54) is 7.11 Å². The predicted octanol–water partition coefficient (Wildman–Crippen LogP) is 1.50. The van der Waals surface area contributed by atoms with E-state index in [1.807, 2.05) is 11.9 Å². The van der Waals surface area contributed by atoms with Gasteiger partial charge in [-0.15, -0.1) is 6.58 Å². The molecule has 6 heteroatoms. The van der Waals surface area contributed by atoms with Crippen molar-refractivity contribution in [1.29, 1.82) is 0 Å². The van der Waals surface area contributed by atoms with E-state index in [1.54, 1.807) is 26.0 Å². The first-order valence-corrected chi connectivity index (χ1v) is 6.67. The third-order valence-corrected chi connectivity index (χ3v) is 3.24. The molecule has 0 aliphatic heterocycles. The molecular formula is C15H22N2O4. The van der Waals surface area contributed by atoms with Crippen LogP contribution in [0.2, 0.25) is 0 Å². The van der Waals surface area contributed by atoms with Gasteiger partial charge in [-0.3, -0.25) is 9.69 Å². The van der Waals surface area contributed by atoms with E-state index < -0.39 is 5.97 Å². The molecule has 1 aromatic heterocycles. The molecule has 116 valence electrons. The van der Waals surface area contributed by atoms with Crippen LogP contribution in [0.15, 0.2) is 23.1 Å². The number of furan rings is 1. The molecule has 1 atom stereocenters. The molecule has 1 N–H and O–H groups in total. The zero-order valence-electron chi connectivity index (χ0n) is 12.9. The van der Waals surface area contributed by atoms with Crippen LogP contribution in [0.25, 0.3) is 0 Å². The van der Waals surface area contributed by atoms with Gasteiger partial charge in [0, 0.05) is 6.54 Å². The van der Waals surface area contributed by atoms with Gasteiger partial charge in [0.25, 0.3) is 0 Å². The minimum atomic E-state index is -0.429. The lowest BCUT2D eigenvalue weighted by molar-refractivity contribution is -0.125. The van der Waals surface area contributed by atoms with Gasteiger partial charge in [-0.1, -0.05) is 6.08 Å². The highest BCUT2D eigenvalue weighted by Crippen LogP contribution is 2.17. The fourth-order valence-corrected chi connectivity index (χ4v) is 1.84.